The number of hydrogen-bond acceptors (Lipinski definition) is 4. The number of aromatic nitrogens is 2. The number of carbonyl (C=O) groups is 1. The molecule has 2 heterocycles. The first-order chi connectivity index (χ1) is 13.5. The van der Waals surface area contributed by atoms with Crippen molar-refractivity contribution in [1.29, 1.82) is 0 Å². The third kappa shape index (κ3) is 3.91. The molecule has 0 aliphatic heterocycles. The number of benzene rings is 1. The van der Waals surface area contributed by atoms with Gasteiger partial charge in [0.2, 0.25) is 0 Å². The predicted octanol–water partition coefficient (Wildman–Crippen LogP) is 3.54. The van der Waals surface area contributed by atoms with Gasteiger partial charge in [-0.15, -0.1) is 0 Å². The van der Waals surface area contributed by atoms with Crippen LogP contribution >= 0.6 is 0 Å². The van der Waals surface area contributed by atoms with E-state index in [1.807, 2.05) is 54.0 Å². The number of nitrogens with zero attached hydrogens (tertiary/aromatic N) is 2. The Kier molecular flexibility index (Phi) is 5.50. The minimum Gasteiger partial charge on any atom is -0.364 e. The highest BCUT2D eigenvalue weighted by molar-refractivity contribution is 5.95. The average molecular weight is 372 g/mol. The molecule has 0 fully saturated rings. The number of primary amides is 1. The van der Waals surface area contributed by atoms with Gasteiger partial charge in [0.1, 0.15) is 11.5 Å². The number of allylic oxidation sites excluding steroid dienone is 5. The van der Waals surface area contributed by atoms with Gasteiger partial charge < -0.3 is 11.1 Å². The highest BCUT2D eigenvalue weighted by atomic mass is 16.1. The highest BCUT2D eigenvalue weighted by Gasteiger charge is 2.14. The fraction of sp³-hybridized carbons (Fsp3) is 0.0455. The molecule has 0 bridgehead atoms. The second-order valence-electron chi connectivity index (χ2n) is 6.11. The molecular weight excluding hydrogens is 352 g/mol. The number of hydrogen-bond donors (Lipinski definition) is 2. The van der Waals surface area contributed by atoms with Crippen molar-refractivity contribution in [2.75, 3.05) is 5.32 Å². The number of carbonyl (C=O) groups excluding carboxylic acids is 1. The number of pyridine rings is 2. The Hall–Kier alpha value is -3.93. The first-order valence-corrected chi connectivity index (χ1v) is 8.65. The molecule has 1 aromatic carbocycles. The number of nitrogens with two attached hydrogens (primary N) is 1. The predicted molar refractivity (Wildman–Crippen MR) is 113 cm³/mol. The number of para-hydroxylation sites is 1. The standard InChI is InChI=1S/C22H20N4O2/c1-3-4-6-9-15(2)25-21-13-20(27)17-14-24-18(22(23)28)12-19(17)26(21)16-10-7-5-8-11-16/h3-14,25H,1H2,2H3,(H2,23,28)/b6-4-,15-9+. The molecule has 0 radical (unpaired) electrons. The van der Waals surface area contributed by atoms with Crippen LogP contribution in [0, 0.1) is 0 Å². The van der Waals surface area contributed by atoms with Crippen molar-refractivity contribution in [2.45, 2.75) is 6.92 Å². The third-order valence-corrected chi connectivity index (χ3v) is 4.08. The summed E-state index contributed by atoms with van der Waals surface area (Å²) in [5.41, 5.74) is 7.47. The summed E-state index contributed by atoms with van der Waals surface area (Å²) >= 11 is 0. The van der Waals surface area contributed by atoms with Crippen molar-refractivity contribution < 1.29 is 4.79 Å². The summed E-state index contributed by atoms with van der Waals surface area (Å²) in [6.45, 7) is 5.53. The Labute approximate surface area is 162 Å². The second kappa shape index (κ2) is 8.18. The van der Waals surface area contributed by atoms with Gasteiger partial charge in [-0.25, -0.2) is 0 Å². The van der Waals surface area contributed by atoms with Crippen LogP contribution in [0.3, 0.4) is 0 Å². The van der Waals surface area contributed by atoms with Crippen LogP contribution in [-0.2, 0) is 0 Å². The average Bonchev–Trinajstić information content (AvgIpc) is 2.68. The maximum atomic E-state index is 12.6. The molecule has 3 rings (SSSR count). The van der Waals surface area contributed by atoms with Crippen molar-refractivity contribution in [2.24, 2.45) is 5.73 Å². The number of nitrogens with one attached hydrogen (secondary N) is 1. The van der Waals surface area contributed by atoms with E-state index in [-0.39, 0.29) is 11.1 Å². The van der Waals surface area contributed by atoms with Gasteiger partial charge in [0.05, 0.1) is 10.9 Å². The lowest BCUT2D eigenvalue weighted by Crippen LogP contribution is -2.17. The maximum absolute atomic E-state index is 12.6. The minimum absolute atomic E-state index is 0.0925. The minimum atomic E-state index is -0.655. The molecule has 0 saturated heterocycles. The van der Waals surface area contributed by atoms with Gasteiger partial charge in [0, 0.05) is 23.6 Å². The molecule has 28 heavy (non-hydrogen) atoms. The van der Waals surface area contributed by atoms with Crippen LogP contribution in [0.25, 0.3) is 16.6 Å². The smallest absolute Gasteiger partial charge is 0.267 e. The Morgan fingerprint density at radius 1 is 1.21 bits per heavy atom. The molecule has 140 valence electrons. The van der Waals surface area contributed by atoms with E-state index in [0.29, 0.717) is 16.7 Å². The molecule has 1 amide bonds. The Bertz CT molecular complexity index is 1160. The van der Waals surface area contributed by atoms with Crippen molar-refractivity contribution in [3.63, 3.8) is 0 Å². The Morgan fingerprint density at radius 3 is 2.64 bits per heavy atom. The highest BCUT2D eigenvalue weighted by Crippen LogP contribution is 2.23. The fourth-order valence-electron chi connectivity index (χ4n) is 2.82. The third-order valence-electron chi connectivity index (χ3n) is 4.08. The van der Waals surface area contributed by atoms with Crippen LogP contribution in [-0.4, -0.2) is 15.5 Å². The zero-order chi connectivity index (χ0) is 20.1. The zero-order valence-corrected chi connectivity index (χ0v) is 15.4. The monoisotopic (exact) mass is 372 g/mol. The van der Waals surface area contributed by atoms with E-state index in [4.69, 9.17) is 5.73 Å². The molecule has 0 aliphatic rings. The molecule has 3 aromatic rings. The Balaban J connectivity index is 2.29. The molecule has 6 nitrogen and oxygen atoms in total. The largest absolute Gasteiger partial charge is 0.364 e. The topological polar surface area (TPSA) is 90.0 Å². The van der Waals surface area contributed by atoms with Gasteiger partial charge >= 0.3 is 0 Å². The van der Waals surface area contributed by atoms with E-state index in [9.17, 15) is 9.59 Å². The SMILES string of the molecule is C=C/C=C\C=C(/C)Nc1cc(=O)c2cnc(C(N)=O)cc2n1-c1ccccc1. The molecule has 0 saturated carbocycles. The molecule has 0 aliphatic carbocycles. The lowest BCUT2D eigenvalue weighted by atomic mass is 10.2. The van der Waals surface area contributed by atoms with E-state index in [1.165, 1.54) is 18.3 Å². The van der Waals surface area contributed by atoms with Crippen molar-refractivity contribution in [3.8, 4) is 5.69 Å². The first-order valence-electron chi connectivity index (χ1n) is 8.65. The van der Waals surface area contributed by atoms with Gasteiger partial charge in [0.15, 0.2) is 5.43 Å². The molecular formula is C22H20N4O2. The lowest BCUT2D eigenvalue weighted by molar-refractivity contribution is 0.0995. The van der Waals surface area contributed by atoms with Crippen LogP contribution in [0.1, 0.15) is 17.4 Å². The number of anilines is 1. The van der Waals surface area contributed by atoms with E-state index < -0.39 is 5.91 Å². The van der Waals surface area contributed by atoms with Gasteiger partial charge in [-0.2, -0.15) is 0 Å². The van der Waals surface area contributed by atoms with Crippen LogP contribution in [0.4, 0.5) is 5.82 Å². The fourth-order valence-corrected chi connectivity index (χ4v) is 2.82. The summed E-state index contributed by atoms with van der Waals surface area (Å²) in [5.74, 6) is -0.0935. The van der Waals surface area contributed by atoms with Crippen molar-refractivity contribution >= 4 is 22.6 Å². The molecule has 2 aromatic heterocycles. The summed E-state index contributed by atoms with van der Waals surface area (Å²) in [7, 11) is 0. The number of rotatable bonds is 6. The van der Waals surface area contributed by atoms with Crippen LogP contribution < -0.4 is 16.5 Å². The van der Waals surface area contributed by atoms with Gasteiger partial charge in [-0.05, 0) is 31.2 Å². The van der Waals surface area contributed by atoms with Crippen molar-refractivity contribution in [3.05, 3.63) is 101 Å². The van der Waals surface area contributed by atoms with E-state index in [1.54, 1.807) is 12.2 Å². The molecule has 6 heteroatoms. The molecule has 0 atom stereocenters. The maximum Gasteiger partial charge on any atom is 0.267 e. The van der Waals surface area contributed by atoms with Crippen LogP contribution in [0.2, 0.25) is 0 Å². The summed E-state index contributed by atoms with van der Waals surface area (Å²) in [5, 5.41) is 3.65. The first kappa shape index (κ1) is 18.8. The van der Waals surface area contributed by atoms with E-state index >= 15 is 0 Å². The van der Waals surface area contributed by atoms with E-state index in [0.717, 1.165) is 11.4 Å². The molecule has 3 N–H and O–H groups in total. The van der Waals surface area contributed by atoms with Crippen LogP contribution in [0.5, 0.6) is 0 Å². The Morgan fingerprint density at radius 2 is 1.96 bits per heavy atom. The quantitative estimate of drug-likeness (QED) is 0.648. The van der Waals surface area contributed by atoms with E-state index in [2.05, 4.69) is 16.9 Å². The molecule has 0 spiro atoms. The van der Waals surface area contributed by atoms with Gasteiger partial charge in [-0.3, -0.25) is 19.1 Å². The number of amides is 1. The van der Waals surface area contributed by atoms with Gasteiger partial charge in [-0.1, -0.05) is 43.0 Å². The normalized spacial score (nSPS) is 11.7. The summed E-state index contributed by atoms with van der Waals surface area (Å²) < 4.78 is 1.86. The summed E-state index contributed by atoms with van der Waals surface area (Å²) in [6, 6.07) is 12.6. The van der Waals surface area contributed by atoms with Gasteiger partial charge in [0.25, 0.3) is 5.91 Å². The number of fused-ring (bicyclic) bond motifs is 1. The van der Waals surface area contributed by atoms with Crippen molar-refractivity contribution in [1.82, 2.24) is 9.55 Å². The van der Waals surface area contributed by atoms with Crippen LogP contribution in [0.15, 0.2) is 90.0 Å². The summed E-state index contributed by atoms with van der Waals surface area (Å²) in [4.78, 5) is 28.3. The lowest BCUT2D eigenvalue weighted by Gasteiger charge is -2.18. The molecule has 0 unspecified atom stereocenters. The summed E-state index contributed by atoms with van der Waals surface area (Å²) in [6.07, 6.45) is 8.58. The second-order valence-corrected chi connectivity index (χ2v) is 6.11. The zero-order valence-electron chi connectivity index (χ0n) is 15.4.